The SMILES string of the molecule is CSCCC(C(=O)O)N(Sc1ccccc1)N1CC(=O)NC1=O. The Morgan fingerprint density at radius 2 is 2.09 bits per heavy atom. The van der Waals surface area contributed by atoms with Gasteiger partial charge in [0.1, 0.15) is 12.6 Å². The van der Waals surface area contributed by atoms with E-state index in [0.717, 1.165) is 21.9 Å². The lowest BCUT2D eigenvalue weighted by molar-refractivity contribution is -0.144. The second-order valence-electron chi connectivity index (χ2n) is 4.75. The summed E-state index contributed by atoms with van der Waals surface area (Å²) in [6.45, 7) is -0.179. The topological polar surface area (TPSA) is 89.9 Å². The van der Waals surface area contributed by atoms with Crippen LogP contribution in [0.4, 0.5) is 4.79 Å². The number of benzene rings is 1. The van der Waals surface area contributed by atoms with Crippen LogP contribution < -0.4 is 5.32 Å². The molecule has 0 saturated carbocycles. The first-order chi connectivity index (χ1) is 11.0. The molecule has 1 saturated heterocycles. The molecule has 1 aliphatic rings. The molecule has 2 rings (SSSR count). The van der Waals surface area contributed by atoms with Gasteiger partial charge >= 0.3 is 12.0 Å². The van der Waals surface area contributed by atoms with E-state index in [1.165, 1.54) is 16.2 Å². The summed E-state index contributed by atoms with van der Waals surface area (Å²) in [4.78, 5) is 35.9. The number of nitrogens with zero attached hydrogens (tertiary/aromatic N) is 2. The second kappa shape index (κ2) is 8.23. The van der Waals surface area contributed by atoms with E-state index in [1.54, 1.807) is 0 Å². The number of hydrogen-bond acceptors (Lipinski definition) is 6. The minimum atomic E-state index is -1.03. The number of rotatable bonds is 8. The summed E-state index contributed by atoms with van der Waals surface area (Å²) in [7, 11) is 0. The first-order valence-electron chi connectivity index (χ1n) is 6.88. The van der Waals surface area contributed by atoms with Crippen molar-refractivity contribution >= 4 is 41.6 Å². The molecule has 1 aromatic carbocycles. The molecule has 0 spiro atoms. The van der Waals surface area contributed by atoms with Gasteiger partial charge in [0.05, 0.1) is 0 Å². The van der Waals surface area contributed by atoms with Gasteiger partial charge in [-0.05, 0) is 42.5 Å². The predicted octanol–water partition coefficient (Wildman–Crippen LogP) is 1.67. The molecule has 1 aliphatic heterocycles. The first-order valence-corrected chi connectivity index (χ1v) is 9.05. The highest BCUT2D eigenvalue weighted by Gasteiger charge is 2.39. The Bertz CT molecular complexity index is 585. The monoisotopic (exact) mass is 355 g/mol. The molecule has 124 valence electrons. The third-order valence-electron chi connectivity index (χ3n) is 3.10. The van der Waals surface area contributed by atoms with Gasteiger partial charge in [-0.1, -0.05) is 18.2 Å². The Balaban J connectivity index is 2.27. The lowest BCUT2D eigenvalue weighted by Gasteiger charge is -2.33. The average Bonchev–Trinajstić information content (AvgIpc) is 2.85. The quantitative estimate of drug-likeness (QED) is 0.541. The molecule has 2 N–H and O–H groups in total. The van der Waals surface area contributed by atoms with E-state index < -0.39 is 23.9 Å². The van der Waals surface area contributed by atoms with Gasteiger partial charge < -0.3 is 5.11 Å². The maximum Gasteiger partial charge on any atom is 0.339 e. The fourth-order valence-corrected chi connectivity index (χ4v) is 3.53. The molecule has 1 heterocycles. The minimum Gasteiger partial charge on any atom is -0.480 e. The van der Waals surface area contributed by atoms with Gasteiger partial charge in [-0.2, -0.15) is 11.8 Å². The van der Waals surface area contributed by atoms with Crippen molar-refractivity contribution in [3.8, 4) is 0 Å². The van der Waals surface area contributed by atoms with Crippen molar-refractivity contribution in [3.63, 3.8) is 0 Å². The number of carboxylic acid groups (broad SMARTS) is 1. The first kappa shape index (κ1) is 17.6. The highest BCUT2D eigenvalue weighted by atomic mass is 32.2. The largest absolute Gasteiger partial charge is 0.480 e. The Hall–Kier alpha value is -1.71. The summed E-state index contributed by atoms with van der Waals surface area (Å²) in [6.07, 6.45) is 2.24. The van der Waals surface area contributed by atoms with Crippen LogP contribution in [0.2, 0.25) is 0 Å². The van der Waals surface area contributed by atoms with Crippen molar-refractivity contribution in [1.82, 2.24) is 14.7 Å². The Morgan fingerprint density at radius 3 is 2.61 bits per heavy atom. The van der Waals surface area contributed by atoms with E-state index >= 15 is 0 Å². The standard InChI is InChI=1S/C14H17N3O4S2/c1-22-8-7-11(13(19)20)17(16-9-12(18)15-14(16)21)23-10-5-3-2-4-6-10/h2-6,11H,7-9H2,1H3,(H,19,20)(H,15,18,21). The highest BCUT2D eigenvalue weighted by Crippen LogP contribution is 2.29. The third-order valence-corrected chi connectivity index (χ3v) is 4.87. The summed E-state index contributed by atoms with van der Waals surface area (Å²) < 4.78 is 1.38. The molecule has 3 amide bonds. The smallest absolute Gasteiger partial charge is 0.339 e. The number of carboxylic acids is 1. The van der Waals surface area contributed by atoms with Crippen LogP contribution in [0.5, 0.6) is 0 Å². The predicted molar refractivity (Wildman–Crippen MR) is 88.8 cm³/mol. The number of imide groups is 1. The zero-order valence-corrected chi connectivity index (χ0v) is 14.1. The zero-order chi connectivity index (χ0) is 16.8. The molecule has 1 fully saturated rings. The van der Waals surface area contributed by atoms with E-state index in [0.29, 0.717) is 12.2 Å². The van der Waals surface area contributed by atoms with Crippen molar-refractivity contribution < 1.29 is 19.5 Å². The molecule has 23 heavy (non-hydrogen) atoms. The van der Waals surface area contributed by atoms with Crippen molar-refractivity contribution in [2.75, 3.05) is 18.6 Å². The van der Waals surface area contributed by atoms with Crippen LogP contribution in [0.3, 0.4) is 0 Å². The highest BCUT2D eigenvalue weighted by molar-refractivity contribution is 7.98. The molecular weight excluding hydrogens is 338 g/mol. The van der Waals surface area contributed by atoms with E-state index in [-0.39, 0.29) is 6.54 Å². The minimum absolute atomic E-state index is 0.179. The van der Waals surface area contributed by atoms with E-state index in [9.17, 15) is 19.5 Å². The molecule has 0 radical (unpaired) electrons. The number of urea groups is 1. The Labute approximate surface area is 142 Å². The van der Waals surface area contributed by atoms with Crippen LogP contribution in [0.1, 0.15) is 6.42 Å². The third kappa shape index (κ3) is 4.63. The lowest BCUT2D eigenvalue weighted by atomic mass is 10.2. The number of carbonyl (C=O) groups is 3. The van der Waals surface area contributed by atoms with E-state index in [4.69, 9.17) is 0 Å². The zero-order valence-electron chi connectivity index (χ0n) is 12.5. The molecule has 9 heteroatoms. The van der Waals surface area contributed by atoms with Gasteiger partial charge in [-0.25, -0.2) is 9.80 Å². The number of nitrogens with one attached hydrogen (secondary N) is 1. The molecule has 7 nitrogen and oxygen atoms in total. The van der Waals surface area contributed by atoms with Crippen LogP contribution in [-0.4, -0.2) is 57.0 Å². The number of thioether (sulfide) groups is 1. The number of hydrogen-bond donors (Lipinski definition) is 2. The number of carbonyl (C=O) groups excluding carboxylic acids is 2. The average molecular weight is 355 g/mol. The normalized spacial score (nSPS) is 15.8. The lowest BCUT2D eigenvalue weighted by Crippen LogP contribution is -2.49. The van der Waals surface area contributed by atoms with Gasteiger partial charge in [-0.15, -0.1) is 4.41 Å². The van der Waals surface area contributed by atoms with Gasteiger partial charge in [0.2, 0.25) is 5.91 Å². The summed E-state index contributed by atoms with van der Waals surface area (Å²) >= 11 is 2.66. The van der Waals surface area contributed by atoms with Crippen LogP contribution in [0.25, 0.3) is 0 Å². The summed E-state index contributed by atoms with van der Waals surface area (Å²) in [5.41, 5.74) is 0. The van der Waals surface area contributed by atoms with Crippen LogP contribution in [0, 0.1) is 0 Å². The Kier molecular flexibility index (Phi) is 6.31. The van der Waals surface area contributed by atoms with Crippen LogP contribution >= 0.6 is 23.7 Å². The van der Waals surface area contributed by atoms with Crippen LogP contribution in [0.15, 0.2) is 35.2 Å². The van der Waals surface area contributed by atoms with Crippen molar-refractivity contribution in [2.45, 2.75) is 17.4 Å². The molecule has 0 aromatic heterocycles. The maximum atomic E-state index is 12.0. The Morgan fingerprint density at radius 1 is 1.39 bits per heavy atom. The van der Waals surface area contributed by atoms with Gasteiger partial charge in [0.15, 0.2) is 0 Å². The number of amides is 3. The van der Waals surface area contributed by atoms with E-state index in [1.807, 2.05) is 36.6 Å². The van der Waals surface area contributed by atoms with E-state index in [2.05, 4.69) is 5.32 Å². The van der Waals surface area contributed by atoms with Crippen molar-refractivity contribution in [1.29, 1.82) is 0 Å². The molecule has 1 atom stereocenters. The van der Waals surface area contributed by atoms with Gasteiger partial charge in [-0.3, -0.25) is 14.9 Å². The summed E-state index contributed by atoms with van der Waals surface area (Å²) in [5, 5.41) is 12.9. The van der Waals surface area contributed by atoms with Crippen molar-refractivity contribution in [2.24, 2.45) is 0 Å². The molecule has 0 aliphatic carbocycles. The number of hydrazine groups is 1. The fourth-order valence-electron chi connectivity index (χ4n) is 2.02. The van der Waals surface area contributed by atoms with Crippen LogP contribution in [-0.2, 0) is 9.59 Å². The second-order valence-corrected chi connectivity index (χ2v) is 6.77. The molecule has 0 bridgehead atoms. The maximum absolute atomic E-state index is 12.0. The van der Waals surface area contributed by atoms with Crippen molar-refractivity contribution in [3.05, 3.63) is 30.3 Å². The molecular formula is C14H17N3O4S2. The molecule has 1 aromatic rings. The fraction of sp³-hybridized carbons (Fsp3) is 0.357. The number of aliphatic carboxylic acids is 1. The summed E-state index contributed by atoms with van der Waals surface area (Å²) in [5.74, 6) is -0.844. The van der Waals surface area contributed by atoms with Gasteiger partial charge in [0, 0.05) is 4.90 Å². The van der Waals surface area contributed by atoms with Gasteiger partial charge in [0.25, 0.3) is 0 Å². The molecule has 1 unspecified atom stereocenters. The summed E-state index contributed by atoms with van der Waals surface area (Å²) in [6, 6.07) is 7.63.